The number of rotatable bonds is 5. The Morgan fingerprint density at radius 2 is 1.00 bits per heavy atom. The van der Waals surface area contributed by atoms with Crippen LogP contribution in [0.4, 0.5) is 0 Å². The molecule has 3 N–H and O–H groups in total. The van der Waals surface area contributed by atoms with E-state index in [1.807, 2.05) is 0 Å². The average Bonchev–Trinajstić information content (AvgIpc) is 3.86. The van der Waals surface area contributed by atoms with E-state index >= 15 is 0 Å². The van der Waals surface area contributed by atoms with Gasteiger partial charge >= 0.3 is 0 Å². The molecule has 10 aromatic rings. The minimum absolute atomic E-state index is 0.484. The van der Waals surface area contributed by atoms with Crippen LogP contribution in [0.15, 0.2) is 218 Å². The molecule has 1 aliphatic carbocycles. The predicted molar refractivity (Wildman–Crippen MR) is 261 cm³/mol. The molecule has 3 heteroatoms. The fourth-order valence-electron chi connectivity index (χ4n) is 10.2. The Morgan fingerprint density at radius 3 is 1.73 bits per heavy atom. The first-order chi connectivity index (χ1) is 30.7. The summed E-state index contributed by atoms with van der Waals surface area (Å²) in [7, 11) is 1.50. The van der Waals surface area contributed by atoms with Crippen LogP contribution >= 0.6 is 0 Å². The summed E-state index contributed by atoms with van der Waals surface area (Å²) in [5.74, 6) is 0.484. The van der Waals surface area contributed by atoms with Gasteiger partial charge in [-0.3, -0.25) is 0 Å². The van der Waals surface area contributed by atoms with Crippen LogP contribution in [0, 0.1) is 5.41 Å². The van der Waals surface area contributed by atoms with E-state index in [0.717, 1.165) is 11.1 Å². The van der Waals surface area contributed by atoms with Crippen LogP contribution in [-0.2, 0) is 5.41 Å². The van der Waals surface area contributed by atoms with Crippen molar-refractivity contribution >= 4 is 28.0 Å². The van der Waals surface area contributed by atoms with Crippen molar-refractivity contribution in [2.45, 2.75) is 18.3 Å². The molecule has 1 unspecified atom stereocenters. The topological polar surface area (TPSA) is 54.8 Å². The molecule has 1 aliphatic heterocycles. The molecule has 9 aromatic carbocycles. The van der Waals surface area contributed by atoms with Crippen LogP contribution < -0.4 is 5.73 Å². The van der Waals surface area contributed by atoms with Gasteiger partial charge in [0.15, 0.2) is 0 Å². The van der Waals surface area contributed by atoms with Gasteiger partial charge in [-0.2, -0.15) is 0 Å². The second-order valence-corrected chi connectivity index (χ2v) is 16.0. The zero-order valence-electron chi connectivity index (χ0n) is 35.0. The minimum atomic E-state index is -0.519. The third-order valence-electron chi connectivity index (χ3n) is 12.9. The third-order valence-corrected chi connectivity index (χ3v) is 12.9. The van der Waals surface area contributed by atoms with Crippen molar-refractivity contribution in [1.82, 2.24) is 4.57 Å². The van der Waals surface area contributed by atoms with E-state index in [0.29, 0.717) is 5.92 Å². The van der Waals surface area contributed by atoms with Crippen LogP contribution in [0.1, 0.15) is 51.8 Å². The molecular formula is C59H47N3. The molecule has 1 spiro atoms. The Bertz CT molecular complexity index is 3200. The van der Waals surface area contributed by atoms with E-state index < -0.39 is 5.41 Å². The summed E-state index contributed by atoms with van der Waals surface area (Å²) >= 11 is 0. The standard InChI is InChI=1S/C44H28N2.C14H14.CH5N/c45-27-32-15-9-19-38-42(32)35-26-31(30-14-8-13-29(25-30)28-11-2-1-3-12-28)23-24-36(35)44(38)37-18-5-7-22-41(37)46-40-21-6-4-16-33(40)34-17-10-20-39(44)43(34)46;1-12(13-8-4-2-5-9-13)14-10-6-3-7-11-14;1-2/h1-27,45H;2-12H,1H3;2H2,1H3. The Balaban J connectivity index is 0.000000243. The summed E-state index contributed by atoms with van der Waals surface area (Å²) in [6.45, 7) is 2.24. The van der Waals surface area contributed by atoms with Crippen molar-refractivity contribution in [3.8, 4) is 39.1 Å². The van der Waals surface area contributed by atoms with Gasteiger partial charge in [-0.1, -0.05) is 201 Å². The van der Waals surface area contributed by atoms with E-state index in [9.17, 15) is 0 Å². The van der Waals surface area contributed by atoms with E-state index in [-0.39, 0.29) is 0 Å². The van der Waals surface area contributed by atoms with Gasteiger partial charge in [-0.25, -0.2) is 0 Å². The minimum Gasteiger partial charge on any atom is -0.333 e. The van der Waals surface area contributed by atoms with Crippen LogP contribution in [0.3, 0.4) is 0 Å². The highest BCUT2D eigenvalue weighted by atomic mass is 15.0. The molecule has 0 fully saturated rings. The fraction of sp³-hybridized carbons (Fsp3) is 0.0678. The van der Waals surface area contributed by atoms with Gasteiger partial charge in [0, 0.05) is 28.5 Å². The van der Waals surface area contributed by atoms with Crippen LogP contribution in [0.5, 0.6) is 0 Å². The molecule has 1 atom stereocenters. The molecule has 62 heavy (non-hydrogen) atoms. The second-order valence-electron chi connectivity index (χ2n) is 16.0. The summed E-state index contributed by atoms with van der Waals surface area (Å²) < 4.78 is 2.47. The average molecular weight is 798 g/mol. The lowest BCUT2D eigenvalue weighted by molar-refractivity contribution is 0.748. The quantitative estimate of drug-likeness (QED) is 0.167. The van der Waals surface area contributed by atoms with E-state index in [1.165, 1.54) is 102 Å². The highest BCUT2D eigenvalue weighted by Crippen LogP contribution is 2.61. The van der Waals surface area contributed by atoms with Crippen molar-refractivity contribution < 1.29 is 0 Å². The number of nitrogens with one attached hydrogen (secondary N) is 1. The highest BCUT2D eigenvalue weighted by Gasteiger charge is 2.51. The number of nitrogens with two attached hydrogens (primary N) is 1. The zero-order chi connectivity index (χ0) is 42.2. The summed E-state index contributed by atoms with van der Waals surface area (Å²) in [5.41, 5.74) is 23.6. The van der Waals surface area contributed by atoms with Gasteiger partial charge in [-0.15, -0.1) is 0 Å². The van der Waals surface area contributed by atoms with Crippen molar-refractivity contribution in [2.24, 2.45) is 5.73 Å². The molecule has 12 rings (SSSR count). The Hall–Kier alpha value is -7.59. The number of aromatic nitrogens is 1. The first-order valence-electron chi connectivity index (χ1n) is 21.4. The number of hydrogen-bond donors (Lipinski definition) is 2. The van der Waals surface area contributed by atoms with Crippen molar-refractivity contribution in [1.29, 1.82) is 5.41 Å². The smallest absolute Gasteiger partial charge is 0.0754 e. The Labute approximate surface area is 363 Å². The lowest BCUT2D eigenvalue weighted by Gasteiger charge is -2.39. The van der Waals surface area contributed by atoms with Crippen molar-refractivity contribution in [3.05, 3.63) is 257 Å². The molecule has 298 valence electrons. The zero-order valence-corrected chi connectivity index (χ0v) is 35.0. The maximum atomic E-state index is 8.52. The number of fused-ring (bicyclic) bond motifs is 12. The third kappa shape index (κ3) is 6.04. The predicted octanol–water partition coefficient (Wildman–Crippen LogP) is 14.2. The van der Waals surface area contributed by atoms with E-state index in [1.54, 1.807) is 0 Å². The number of nitrogens with zero attached hydrogens (tertiary/aromatic N) is 1. The molecule has 0 amide bonds. The molecule has 0 saturated heterocycles. The summed E-state index contributed by atoms with van der Waals surface area (Å²) in [5, 5.41) is 11.1. The summed E-state index contributed by atoms with van der Waals surface area (Å²) in [6, 6.07) is 78.7. The van der Waals surface area contributed by atoms with Crippen LogP contribution in [0.2, 0.25) is 0 Å². The fourth-order valence-corrected chi connectivity index (χ4v) is 10.2. The van der Waals surface area contributed by atoms with Gasteiger partial charge in [0.25, 0.3) is 0 Å². The summed E-state index contributed by atoms with van der Waals surface area (Å²) in [4.78, 5) is 0. The lowest BCUT2D eigenvalue weighted by atomic mass is 9.65. The Morgan fingerprint density at radius 1 is 0.468 bits per heavy atom. The van der Waals surface area contributed by atoms with Gasteiger partial charge in [0.1, 0.15) is 0 Å². The van der Waals surface area contributed by atoms with Gasteiger partial charge in [0.05, 0.1) is 22.1 Å². The molecule has 2 heterocycles. The number of benzene rings is 9. The lowest BCUT2D eigenvalue weighted by Crippen LogP contribution is -2.33. The maximum Gasteiger partial charge on any atom is 0.0754 e. The monoisotopic (exact) mass is 797 g/mol. The van der Waals surface area contributed by atoms with E-state index in [4.69, 9.17) is 5.41 Å². The maximum absolute atomic E-state index is 8.52. The molecule has 0 radical (unpaired) electrons. The van der Waals surface area contributed by atoms with E-state index in [2.05, 4.69) is 236 Å². The second kappa shape index (κ2) is 16.1. The molecular weight excluding hydrogens is 751 g/mol. The first kappa shape index (κ1) is 38.6. The normalized spacial score (nSPS) is 14.0. The van der Waals surface area contributed by atoms with Gasteiger partial charge < -0.3 is 15.7 Å². The first-order valence-corrected chi connectivity index (χ1v) is 21.4. The molecule has 0 bridgehead atoms. The molecule has 2 aliphatic rings. The van der Waals surface area contributed by atoms with Crippen LogP contribution in [-0.4, -0.2) is 17.8 Å². The summed E-state index contributed by atoms with van der Waals surface area (Å²) in [6.07, 6.45) is 1.52. The van der Waals surface area contributed by atoms with Gasteiger partial charge in [-0.05, 0) is 98.1 Å². The SMILES string of the molecule is CC(c1ccccc1)c1ccccc1.CN.N=Cc1cccc2c1-c1cc(-c3cccc(-c4ccccc4)c3)ccc1C21c2ccccc2-n2c3ccccc3c3cccc1c32. The van der Waals surface area contributed by atoms with Crippen molar-refractivity contribution in [3.63, 3.8) is 0 Å². The number of hydrogen-bond acceptors (Lipinski definition) is 2. The molecule has 1 aromatic heterocycles. The number of para-hydroxylation sites is 3. The highest BCUT2D eigenvalue weighted by molar-refractivity contribution is 6.13. The van der Waals surface area contributed by atoms with Crippen molar-refractivity contribution in [2.75, 3.05) is 7.05 Å². The Kier molecular flexibility index (Phi) is 10.0. The molecule has 0 saturated carbocycles. The van der Waals surface area contributed by atoms with Gasteiger partial charge in [0.2, 0.25) is 0 Å². The molecule has 3 nitrogen and oxygen atoms in total. The largest absolute Gasteiger partial charge is 0.333 e. The van der Waals surface area contributed by atoms with Crippen LogP contribution in [0.25, 0.3) is 60.9 Å².